The van der Waals surface area contributed by atoms with Gasteiger partial charge >= 0.3 is 0 Å². The lowest BCUT2D eigenvalue weighted by molar-refractivity contribution is 0.147. The predicted octanol–water partition coefficient (Wildman–Crippen LogP) is 2.09. The monoisotopic (exact) mass is 334 g/mol. The van der Waals surface area contributed by atoms with Crippen LogP contribution >= 0.6 is 0 Å². The van der Waals surface area contributed by atoms with Crippen molar-refractivity contribution in [1.82, 2.24) is 25.3 Å². The maximum Gasteiger partial charge on any atom is 0.191 e. The first-order valence-electron chi connectivity index (χ1n) is 9.57. The summed E-state index contributed by atoms with van der Waals surface area (Å²) in [5.74, 6) is 0.933. The molecule has 0 saturated carbocycles. The van der Waals surface area contributed by atoms with Crippen molar-refractivity contribution in [3.8, 4) is 0 Å². The van der Waals surface area contributed by atoms with E-state index in [4.69, 9.17) is 0 Å². The average molecular weight is 335 g/mol. The van der Waals surface area contributed by atoms with E-state index in [2.05, 4.69) is 39.5 Å². The van der Waals surface area contributed by atoms with Crippen LogP contribution in [0.4, 0.5) is 0 Å². The van der Waals surface area contributed by atoms with Gasteiger partial charge in [0.1, 0.15) is 0 Å². The van der Waals surface area contributed by atoms with E-state index >= 15 is 0 Å². The predicted molar refractivity (Wildman–Crippen MR) is 100 cm³/mol. The van der Waals surface area contributed by atoms with Crippen LogP contribution in [0.5, 0.6) is 0 Å². The van der Waals surface area contributed by atoms with E-state index in [1.165, 1.54) is 32.2 Å². The van der Waals surface area contributed by atoms with Gasteiger partial charge in [-0.05, 0) is 45.2 Å². The summed E-state index contributed by atoms with van der Waals surface area (Å²) in [6.45, 7) is 10.4. The summed E-state index contributed by atoms with van der Waals surface area (Å²) < 4.78 is 1.96. The van der Waals surface area contributed by atoms with Crippen LogP contribution in [0.25, 0.3) is 0 Å². The van der Waals surface area contributed by atoms with Crippen molar-refractivity contribution >= 4 is 5.96 Å². The number of guanidine groups is 1. The normalized spacial score (nSPS) is 19.4. The van der Waals surface area contributed by atoms with Gasteiger partial charge in [-0.25, -0.2) is 0 Å². The Labute approximate surface area is 146 Å². The lowest BCUT2D eigenvalue weighted by Gasteiger charge is -2.35. The Bertz CT molecular complexity index is 456. The average Bonchev–Trinajstić information content (AvgIpc) is 3.12. The minimum Gasteiger partial charge on any atom is -0.357 e. The zero-order valence-corrected chi connectivity index (χ0v) is 15.4. The van der Waals surface area contributed by atoms with Crippen LogP contribution < -0.4 is 10.6 Å². The molecule has 1 unspecified atom stereocenters. The largest absolute Gasteiger partial charge is 0.357 e. The molecule has 2 heterocycles. The van der Waals surface area contributed by atoms with Crippen molar-refractivity contribution in [3.05, 3.63) is 18.5 Å². The molecule has 1 atom stereocenters. The van der Waals surface area contributed by atoms with Crippen molar-refractivity contribution in [2.45, 2.75) is 58.5 Å². The van der Waals surface area contributed by atoms with Crippen molar-refractivity contribution in [1.29, 1.82) is 0 Å². The molecular weight excluding hydrogens is 300 g/mol. The third-order valence-corrected chi connectivity index (χ3v) is 4.63. The fourth-order valence-corrected chi connectivity index (χ4v) is 3.33. The van der Waals surface area contributed by atoms with Crippen LogP contribution in [-0.2, 0) is 6.54 Å². The Balaban J connectivity index is 1.68. The van der Waals surface area contributed by atoms with Crippen LogP contribution in [-0.4, -0.2) is 59.4 Å². The van der Waals surface area contributed by atoms with E-state index in [0.717, 1.165) is 51.1 Å². The molecule has 2 N–H and O–H groups in total. The standard InChI is InChI=1S/C18H34N6/c1-3-17-9-5-6-13-23(17)16-12-21-18(19-4-2)20-10-7-14-24-15-8-11-22-24/h8,11,15,17H,3-7,9-10,12-14,16H2,1-2H3,(H2,19,20,21). The number of piperidine rings is 1. The number of rotatable bonds is 9. The second-order valence-corrected chi connectivity index (χ2v) is 6.40. The summed E-state index contributed by atoms with van der Waals surface area (Å²) in [6.07, 6.45) is 10.2. The SMILES string of the molecule is CCNC(=NCCCn1cccn1)NCCN1CCCCC1CC. The van der Waals surface area contributed by atoms with E-state index in [9.17, 15) is 0 Å². The van der Waals surface area contributed by atoms with Gasteiger partial charge in [-0.2, -0.15) is 5.10 Å². The summed E-state index contributed by atoms with van der Waals surface area (Å²) in [6, 6.07) is 2.73. The number of nitrogens with one attached hydrogen (secondary N) is 2. The molecule has 0 bridgehead atoms. The van der Waals surface area contributed by atoms with Gasteiger partial charge in [0, 0.05) is 51.2 Å². The number of nitrogens with zero attached hydrogens (tertiary/aromatic N) is 4. The highest BCUT2D eigenvalue weighted by molar-refractivity contribution is 5.79. The highest BCUT2D eigenvalue weighted by Crippen LogP contribution is 2.18. The topological polar surface area (TPSA) is 57.5 Å². The third kappa shape index (κ3) is 6.51. The second kappa shape index (κ2) is 11.1. The van der Waals surface area contributed by atoms with Gasteiger partial charge in [0.25, 0.3) is 0 Å². The Morgan fingerprint density at radius 3 is 2.92 bits per heavy atom. The number of aromatic nitrogens is 2. The molecule has 1 saturated heterocycles. The molecule has 0 amide bonds. The maximum atomic E-state index is 4.67. The minimum atomic E-state index is 0.772. The molecule has 1 aliphatic rings. The van der Waals surface area contributed by atoms with Gasteiger partial charge in [0.05, 0.1) is 0 Å². The highest BCUT2D eigenvalue weighted by atomic mass is 15.3. The van der Waals surface area contributed by atoms with Gasteiger partial charge in [0.15, 0.2) is 5.96 Å². The third-order valence-electron chi connectivity index (χ3n) is 4.63. The smallest absolute Gasteiger partial charge is 0.191 e. The molecule has 1 aliphatic heterocycles. The number of likely N-dealkylation sites (tertiary alicyclic amines) is 1. The molecule has 0 spiro atoms. The molecule has 1 fully saturated rings. The summed E-state index contributed by atoms with van der Waals surface area (Å²) >= 11 is 0. The van der Waals surface area contributed by atoms with Crippen LogP contribution in [0, 0.1) is 0 Å². The minimum absolute atomic E-state index is 0.772. The summed E-state index contributed by atoms with van der Waals surface area (Å²) in [5.41, 5.74) is 0. The molecule has 1 aromatic heterocycles. The van der Waals surface area contributed by atoms with Crippen LogP contribution in [0.2, 0.25) is 0 Å². The molecule has 0 radical (unpaired) electrons. The number of aryl methyl sites for hydroxylation is 1. The molecule has 6 nitrogen and oxygen atoms in total. The first-order chi connectivity index (χ1) is 11.8. The van der Waals surface area contributed by atoms with Crippen molar-refractivity contribution in [2.24, 2.45) is 4.99 Å². The fraction of sp³-hybridized carbons (Fsp3) is 0.778. The molecule has 0 aromatic carbocycles. The van der Waals surface area contributed by atoms with Crippen molar-refractivity contribution in [3.63, 3.8) is 0 Å². The van der Waals surface area contributed by atoms with Gasteiger partial charge in [0.2, 0.25) is 0 Å². The first kappa shape index (κ1) is 18.8. The van der Waals surface area contributed by atoms with E-state index in [1.807, 2.05) is 23.1 Å². The van der Waals surface area contributed by atoms with Crippen molar-refractivity contribution < 1.29 is 0 Å². The fourth-order valence-electron chi connectivity index (χ4n) is 3.33. The first-order valence-corrected chi connectivity index (χ1v) is 9.57. The van der Waals surface area contributed by atoms with E-state index in [-0.39, 0.29) is 0 Å². The van der Waals surface area contributed by atoms with Crippen LogP contribution in [0.3, 0.4) is 0 Å². The lowest BCUT2D eigenvalue weighted by atomic mass is 10.0. The van der Waals surface area contributed by atoms with Gasteiger partial charge in [-0.3, -0.25) is 14.6 Å². The Hall–Kier alpha value is -1.56. The van der Waals surface area contributed by atoms with E-state index < -0.39 is 0 Å². The van der Waals surface area contributed by atoms with Crippen molar-refractivity contribution in [2.75, 3.05) is 32.7 Å². The summed E-state index contributed by atoms with van der Waals surface area (Å²) in [4.78, 5) is 7.31. The Morgan fingerprint density at radius 1 is 1.25 bits per heavy atom. The molecule has 136 valence electrons. The summed E-state index contributed by atoms with van der Waals surface area (Å²) in [5, 5.41) is 11.0. The molecule has 1 aromatic rings. The zero-order chi connectivity index (χ0) is 17.0. The van der Waals surface area contributed by atoms with E-state index in [1.54, 1.807) is 0 Å². The molecule has 24 heavy (non-hydrogen) atoms. The highest BCUT2D eigenvalue weighted by Gasteiger charge is 2.19. The van der Waals surface area contributed by atoms with Gasteiger partial charge < -0.3 is 10.6 Å². The maximum absolute atomic E-state index is 4.67. The van der Waals surface area contributed by atoms with Crippen LogP contribution in [0.1, 0.15) is 46.0 Å². The Kier molecular flexibility index (Phi) is 8.66. The second-order valence-electron chi connectivity index (χ2n) is 6.40. The molecule has 0 aliphatic carbocycles. The quantitative estimate of drug-likeness (QED) is 0.412. The molecule has 6 heteroatoms. The zero-order valence-electron chi connectivity index (χ0n) is 15.4. The Morgan fingerprint density at radius 2 is 2.17 bits per heavy atom. The molecular formula is C18H34N6. The van der Waals surface area contributed by atoms with Gasteiger partial charge in [-0.15, -0.1) is 0 Å². The number of aliphatic imine (C=N–C) groups is 1. The van der Waals surface area contributed by atoms with E-state index in [0.29, 0.717) is 0 Å². The molecule has 2 rings (SSSR count). The number of hydrogen-bond acceptors (Lipinski definition) is 3. The van der Waals surface area contributed by atoms with Crippen LogP contribution in [0.15, 0.2) is 23.5 Å². The van der Waals surface area contributed by atoms with Gasteiger partial charge in [-0.1, -0.05) is 13.3 Å². The lowest BCUT2D eigenvalue weighted by Crippen LogP contribution is -2.46. The number of hydrogen-bond donors (Lipinski definition) is 2. The summed E-state index contributed by atoms with van der Waals surface area (Å²) in [7, 11) is 0.